The molecular formula is C21H22N2O3S. The van der Waals surface area contributed by atoms with E-state index in [1.54, 1.807) is 23.1 Å². The summed E-state index contributed by atoms with van der Waals surface area (Å²) < 4.78 is 0. The Balaban J connectivity index is 1.66. The van der Waals surface area contributed by atoms with E-state index in [0.29, 0.717) is 10.6 Å². The lowest BCUT2D eigenvalue weighted by atomic mass is 10.1. The monoisotopic (exact) mass is 382 g/mol. The van der Waals surface area contributed by atoms with Crippen LogP contribution in [-0.2, 0) is 9.59 Å². The molecule has 0 bridgehead atoms. The van der Waals surface area contributed by atoms with Gasteiger partial charge in [-0.1, -0.05) is 36.6 Å². The lowest BCUT2D eigenvalue weighted by Gasteiger charge is -2.32. The summed E-state index contributed by atoms with van der Waals surface area (Å²) in [5, 5.41) is 1.86. The lowest BCUT2D eigenvalue weighted by molar-refractivity contribution is -0.123. The van der Waals surface area contributed by atoms with Crippen LogP contribution in [0.25, 0.3) is 0 Å². The molecule has 3 amide bonds. The summed E-state index contributed by atoms with van der Waals surface area (Å²) in [5.74, 6) is -0.662. The number of thiophene rings is 1. The molecule has 5 nitrogen and oxygen atoms in total. The van der Waals surface area contributed by atoms with Crippen LogP contribution in [0.4, 0.5) is 5.69 Å². The summed E-state index contributed by atoms with van der Waals surface area (Å²) in [5.41, 5.74) is 1.64. The number of aryl methyl sites for hydroxylation is 1. The van der Waals surface area contributed by atoms with Crippen LogP contribution in [-0.4, -0.2) is 34.7 Å². The topological polar surface area (TPSA) is 57.7 Å². The molecule has 1 unspecified atom stereocenters. The molecule has 1 saturated carbocycles. The molecule has 1 atom stereocenters. The molecule has 1 aliphatic heterocycles. The smallest absolute Gasteiger partial charge is 0.264 e. The van der Waals surface area contributed by atoms with E-state index in [9.17, 15) is 14.4 Å². The molecule has 1 aliphatic carbocycles. The van der Waals surface area contributed by atoms with E-state index in [-0.39, 0.29) is 30.2 Å². The maximum absolute atomic E-state index is 13.2. The normalized spacial score (nSPS) is 20.5. The average Bonchev–Trinajstić information content (AvgIpc) is 3.40. The second kappa shape index (κ2) is 7.27. The van der Waals surface area contributed by atoms with Crippen LogP contribution < -0.4 is 4.90 Å². The Morgan fingerprint density at radius 1 is 1.11 bits per heavy atom. The summed E-state index contributed by atoms with van der Waals surface area (Å²) in [7, 11) is 0. The molecular weight excluding hydrogens is 360 g/mol. The second-order valence-electron chi connectivity index (χ2n) is 7.25. The number of imide groups is 1. The molecule has 6 heteroatoms. The summed E-state index contributed by atoms with van der Waals surface area (Å²) in [6.45, 7) is 1.96. The van der Waals surface area contributed by atoms with E-state index in [0.717, 1.165) is 31.2 Å². The Bertz CT molecular complexity index is 854. The molecule has 0 spiro atoms. The summed E-state index contributed by atoms with van der Waals surface area (Å²) in [4.78, 5) is 42.6. The van der Waals surface area contributed by atoms with Crippen LogP contribution >= 0.6 is 11.3 Å². The highest BCUT2D eigenvalue weighted by Gasteiger charge is 2.47. The molecule has 2 aromatic rings. The van der Waals surface area contributed by atoms with E-state index in [2.05, 4.69) is 0 Å². The first-order valence-corrected chi connectivity index (χ1v) is 10.2. The van der Waals surface area contributed by atoms with Gasteiger partial charge >= 0.3 is 0 Å². The number of hydrogen-bond acceptors (Lipinski definition) is 4. The van der Waals surface area contributed by atoms with Crippen molar-refractivity contribution >= 4 is 34.7 Å². The van der Waals surface area contributed by atoms with Crippen LogP contribution in [0, 0.1) is 6.92 Å². The average molecular weight is 382 g/mol. The van der Waals surface area contributed by atoms with Crippen molar-refractivity contribution in [2.45, 2.75) is 51.1 Å². The Hall–Kier alpha value is -2.47. The first-order chi connectivity index (χ1) is 13.1. The molecule has 0 N–H and O–H groups in total. The molecule has 1 saturated heterocycles. The molecule has 4 rings (SSSR count). The molecule has 0 radical (unpaired) electrons. The SMILES string of the molecule is Cc1ccc(N2C(=O)CC(N(C(=O)c3cccs3)C3CCCC3)C2=O)cc1. The Morgan fingerprint density at radius 3 is 2.44 bits per heavy atom. The van der Waals surface area contributed by atoms with Crippen molar-refractivity contribution in [1.82, 2.24) is 4.90 Å². The van der Waals surface area contributed by atoms with Gasteiger partial charge < -0.3 is 4.90 Å². The van der Waals surface area contributed by atoms with E-state index in [1.807, 2.05) is 30.5 Å². The zero-order valence-electron chi connectivity index (χ0n) is 15.3. The van der Waals surface area contributed by atoms with Crippen LogP contribution in [0.5, 0.6) is 0 Å². The molecule has 2 fully saturated rings. The van der Waals surface area contributed by atoms with Gasteiger partial charge in [0.2, 0.25) is 5.91 Å². The van der Waals surface area contributed by atoms with Crippen LogP contribution in [0.2, 0.25) is 0 Å². The fraction of sp³-hybridized carbons (Fsp3) is 0.381. The van der Waals surface area contributed by atoms with Gasteiger partial charge in [-0.25, -0.2) is 4.90 Å². The molecule has 27 heavy (non-hydrogen) atoms. The molecule has 2 heterocycles. The van der Waals surface area contributed by atoms with Gasteiger partial charge in [0.05, 0.1) is 17.0 Å². The van der Waals surface area contributed by atoms with E-state index < -0.39 is 6.04 Å². The summed E-state index contributed by atoms with van der Waals surface area (Å²) in [6, 6.07) is 10.3. The summed E-state index contributed by atoms with van der Waals surface area (Å²) in [6.07, 6.45) is 3.93. The number of hydrogen-bond donors (Lipinski definition) is 0. The van der Waals surface area contributed by atoms with Crippen molar-refractivity contribution in [3.8, 4) is 0 Å². The van der Waals surface area contributed by atoms with E-state index in [1.165, 1.54) is 16.2 Å². The maximum atomic E-state index is 13.2. The van der Waals surface area contributed by atoms with Crippen molar-refractivity contribution in [2.75, 3.05) is 4.90 Å². The third-order valence-corrected chi connectivity index (χ3v) is 6.29. The highest BCUT2D eigenvalue weighted by Crippen LogP contribution is 2.33. The first kappa shape index (κ1) is 17.9. The number of nitrogens with zero attached hydrogens (tertiary/aromatic N) is 2. The summed E-state index contributed by atoms with van der Waals surface area (Å²) >= 11 is 1.38. The Labute approximate surface area is 162 Å². The zero-order valence-corrected chi connectivity index (χ0v) is 16.1. The second-order valence-corrected chi connectivity index (χ2v) is 8.20. The molecule has 1 aromatic heterocycles. The standard InChI is InChI=1S/C21H22N2O3S/c1-14-8-10-16(11-9-14)23-19(24)13-17(20(23)25)22(15-5-2-3-6-15)21(26)18-7-4-12-27-18/h4,7-12,15,17H,2-3,5-6,13H2,1H3. The largest absolute Gasteiger partial charge is 0.322 e. The number of carbonyl (C=O) groups excluding carboxylic acids is 3. The minimum Gasteiger partial charge on any atom is -0.322 e. The third-order valence-electron chi connectivity index (χ3n) is 5.44. The van der Waals surface area contributed by atoms with Gasteiger partial charge in [0.15, 0.2) is 0 Å². The van der Waals surface area contributed by atoms with Crippen molar-refractivity contribution in [3.63, 3.8) is 0 Å². The van der Waals surface area contributed by atoms with Crippen molar-refractivity contribution in [2.24, 2.45) is 0 Å². The minimum atomic E-state index is -0.712. The van der Waals surface area contributed by atoms with Gasteiger partial charge in [0.1, 0.15) is 6.04 Å². The minimum absolute atomic E-state index is 0.0271. The van der Waals surface area contributed by atoms with E-state index >= 15 is 0 Å². The van der Waals surface area contributed by atoms with E-state index in [4.69, 9.17) is 0 Å². The molecule has 1 aromatic carbocycles. The van der Waals surface area contributed by atoms with Crippen LogP contribution in [0.1, 0.15) is 47.3 Å². The van der Waals surface area contributed by atoms with Crippen molar-refractivity contribution in [3.05, 3.63) is 52.2 Å². The fourth-order valence-corrected chi connectivity index (χ4v) is 4.74. The third kappa shape index (κ3) is 3.30. The highest BCUT2D eigenvalue weighted by molar-refractivity contribution is 7.12. The lowest BCUT2D eigenvalue weighted by Crippen LogP contribution is -2.49. The quantitative estimate of drug-likeness (QED) is 0.757. The van der Waals surface area contributed by atoms with Crippen LogP contribution in [0.3, 0.4) is 0 Å². The molecule has 2 aliphatic rings. The first-order valence-electron chi connectivity index (χ1n) is 9.36. The fourth-order valence-electron chi connectivity index (χ4n) is 4.07. The Kier molecular flexibility index (Phi) is 4.83. The van der Waals surface area contributed by atoms with Crippen LogP contribution in [0.15, 0.2) is 41.8 Å². The van der Waals surface area contributed by atoms with Gasteiger partial charge in [-0.2, -0.15) is 0 Å². The van der Waals surface area contributed by atoms with Gasteiger partial charge in [-0.05, 0) is 43.3 Å². The highest BCUT2D eigenvalue weighted by atomic mass is 32.1. The predicted molar refractivity (Wildman–Crippen MR) is 105 cm³/mol. The van der Waals surface area contributed by atoms with Gasteiger partial charge in [0.25, 0.3) is 11.8 Å². The predicted octanol–water partition coefficient (Wildman–Crippen LogP) is 3.77. The number of amides is 3. The van der Waals surface area contributed by atoms with Gasteiger partial charge in [0, 0.05) is 6.04 Å². The molecule has 140 valence electrons. The zero-order chi connectivity index (χ0) is 19.0. The number of rotatable bonds is 4. The number of anilines is 1. The van der Waals surface area contributed by atoms with Gasteiger partial charge in [-0.3, -0.25) is 14.4 Å². The van der Waals surface area contributed by atoms with Crippen molar-refractivity contribution in [1.29, 1.82) is 0 Å². The van der Waals surface area contributed by atoms with Crippen molar-refractivity contribution < 1.29 is 14.4 Å². The number of benzene rings is 1. The Morgan fingerprint density at radius 2 is 1.81 bits per heavy atom. The number of carbonyl (C=O) groups is 3. The van der Waals surface area contributed by atoms with Gasteiger partial charge in [-0.15, -0.1) is 11.3 Å². The maximum Gasteiger partial charge on any atom is 0.264 e.